The molecule has 0 aromatic rings. The largest absolute Gasteiger partial charge is 0.290 e. The van der Waals surface area contributed by atoms with Gasteiger partial charge in [0, 0.05) is 12.3 Å². The Morgan fingerprint density at radius 1 is 1.29 bits per heavy atom. The zero-order chi connectivity index (χ0) is 11.0. The van der Waals surface area contributed by atoms with Gasteiger partial charge in [0.15, 0.2) is 0 Å². The molecule has 0 aliphatic rings. The summed E-state index contributed by atoms with van der Waals surface area (Å²) in [5.74, 6) is 0. The Morgan fingerprint density at radius 2 is 1.93 bits per heavy atom. The lowest BCUT2D eigenvalue weighted by Crippen LogP contribution is -1.99. The third kappa shape index (κ3) is 4.40. The fourth-order valence-electron chi connectivity index (χ4n) is 1.53. The van der Waals surface area contributed by atoms with E-state index in [9.17, 15) is 0 Å². The average molecular weight is 193 g/mol. The highest BCUT2D eigenvalue weighted by Gasteiger charge is 2.01. The summed E-state index contributed by atoms with van der Waals surface area (Å²) >= 11 is 0. The molecule has 80 valence electrons. The minimum absolute atomic E-state index is 0.851. The van der Waals surface area contributed by atoms with Crippen molar-refractivity contribution in [3.63, 3.8) is 0 Å². The van der Waals surface area contributed by atoms with Crippen molar-refractivity contribution in [2.45, 2.75) is 47.0 Å². The molecular formula is C13H23N. The summed E-state index contributed by atoms with van der Waals surface area (Å²) in [4.78, 5) is 4.41. The van der Waals surface area contributed by atoms with Gasteiger partial charge in [0.25, 0.3) is 0 Å². The Hall–Kier alpha value is -0.850. The average Bonchev–Trinajstić information content (AvgIpc) is 2.16. The summed E-state index contributed by atoms with van der Waals surface area (Å²) in [6.45, 7) is 13.2. The van der Waals surface area contributed by atoms with Gasteiger partial charge in [-0.1, -0.05) is 31.6 Å². The predicted molar refractivity (Wildman–Crippen MR) is 66.1 cm³/mol. The van der Waals surface area contributed by atoms with E-state index in [0.29, 0.717) is 0 Å². The number of nitrogens with zero attached hydrogens (tertiary/aromatic N) is 1. The number of hydrogen-bond donors (Lipinski definition) is 0. The fourth-order valence-corrected chi connectivity index (χ4v) is 1.53. The smallest absolute Gasteiger partial charge is 0.0388 e. The van der Waals surface area contributed by atoms with Crippen LogP contribution in [0.1, 0.15) is 47.0 Å². The zero-order valence-corrected chi connectivity index (χ0v) is 10.1. The molecule has 0 unspecified atom stereocenters. The van der Waals surface area contributed by atoms with Crippen molar-refractivity contribution in [3.8, 4) is 0 Å². The van der Waals surface area contributed by atoms with E-state index < -0.39 is 0 Å². The first-order chi connectivity index (χ1) is 6.67. The van der Waals surface area contributed by atoms with Gasteiger partial charge in [-0.2, -0.15) is 0 Å². The predicted octanol–water partition coefficient (Wildman–Crippen LogP) is 4.16. The van der Waals surface area contributed by atoms with Gasteiger partial charge in [0.1, 0.15) is 0 Å². The molecule has 0 heterocycles. The molecule has 0 aromatic heterocycles. The van der Waals surface area contributed by atoms with Crippen LogP contribution in [0.5, 0.6) is 0 Å². The van der Waals surface area contributed by atoms with Crippen LogP contribution in [-0.2, 0) is 0 Å². The highest BCUT2D eigenvalue weighted by Crippen LogP contribution is 2.14. The van der Waals surface area contributed by atoms with Crippen LogP contribution in [0.4, 0.5) is 0 Å². The molecule has 0 atom stereocenters. The lowest BCUT2D eigenvalue weighted by atomic mass is 10.0. The van der Waals surface area contributed by atoms with Gasteiger partial charge in [-0.25, -0.2) is 0 Å². The van der Waals surface area contributed by atoms with Crippen molar-refractivity contribution in [2.24, 2.45) is 4.99 Å². The second-order valence-corrected chi connectivity index (χ2v) is 3.56. The van der Waals surface area contributed by atoms with Gasteiger partial charge in [-0.3, -0.25) is 4.99 Å². The van der Waals surface area contributed by atoms with Crippen LogP contribution in [0.25, 0.3) is 0 Å². The molecule has 0 aliphatic heterocycles. The minimum atomic E-state index is 0.851. The van der Waals surface area contributed by atoms with E-state index >= 15 is 0 Å². The summed E-state index contributed by atoms with van der Waals surface area (Å²) in [5.41, 5.74) is 3.77. The molecule has 0 spiro atoms. The van der Waals surface area contributed by atoms with Crippen molar-refractivity contribution < 1.29 is 0 Å². The summed E-state index contributed by atoms with van der Waals surface area (Å²) in [5, 5.41) is 0. The van der Waals surface area contributed by atoms with Crippen LogP contribution in [-0.4, -0.2) is 12.3 Å². The molecule has 0 rings (SSSR count). The number of rotatable bonds is 6. The third-order valence-electron chi connectivity index (χ3n) is 2.35. The van der Waals surface area contributed by atoms with Gasteiger partial charge < -0.3 is 0 Å². The summed E-state index contributed by atoms with van der Waals surface area (Å²) in [6.07, 6.45) is 5.59. The van der Waals surface area contributed by atoms with E-state index in [-0.39, 0.29) is 0 Å². The highest BCUT2D eigenvalue weighted by atomic mass is 14.7. The second kappa shape index (κ2) is 7.54. The Labute approximate surface area is 88.6 Å². The quantitative estimate of drug-likeness (QED) is 0.443. The van der Waals surface area contributed by atoms with Gasteiger partial charge in [0.2, 0.25) is 0 Å². The minimum Gasteiger partial charge on any atom is -0.290 e. The van der Waals surface area contributed by atoms with E-state index in [1.54, 1.807) is 0 Å². The van der Waals surface area contributed by atoms with E-state index in [4.69, 9.17) is 0 Å². The maximum atomic E-state index is 4.41. The summed E-state index contributed by atoms with van der Waals surface area (Å²) in [7, 11) is 0. The maximum absolute atomic E-state index is 4.41. The normalized spacial score (nSPS) is 13.9. The van der Waals surface area contributed by atoms with Crippen molar-refractivity contribution in [3.05, 3.63) is 23.8 Å². The first kappa shape index (κ1) is 13.2. The standard InChI is InChI=1S/C13H23N/c1-6-9-10-11(4)13(7-2)12(5)14-8-3/h7H,2,6,8-10H2,1,3-5H3/b13-11+,14-12?. The van der Waals surface area contributed by atoms with Crippen LogP contribution in [0.2, 0.25) is 0 Å². The molecule has 0 radical (unpaired) electrons. The molecule has 1 heteroatoms. The number of unbranched alkanes of at least 4 members (excludes halogenated alkanes) is 1. The third-order valence-corrected chi connectivity index (χ3v) is 2.35. The number of hydrogen-bond acceptors (Lipinski definition) is 1. The first-order valence-electron chi connectivity index (χ1n) is 5.50. The van der Waals surface area contributed by atoms with Crippen molar-refractivity contribution in [2.75, 3.05) is 6.54 Å². The van der Waals surface area contributed by atoms with Crippen LogP contribution >= 0.6 is 0 Å². The van der Waals surface area contributed by atoms with Crippen LogP contribution in [0.3, 0.4) is 0 Å². The lowest BCUT2D eigenvalue weighted by Gasteiger charge is -2.07. The molecule has 0 bridgehead atoms. The van der Waals surface area contributed by atoms with E-state index in [0.717, 1.165) is 18.7 Å². The molecular weight excluding hydrogens is 170 g/mol. The molecule has 0 saturated carbocycles. The molecule has 0 aliphatic carbocycles. The van der Waals surface area contributed by atoms with E-state index in [1.807, 2.05) is 6.08 Å². The summed E-state index contributed by atoms with van der Waals surface area (Å²) in [6, 6.07) is 0. The Bertz CT molecular complexity index is 234. The van der Waals surface area contributed by atoms with Crippen molar-refractivity contribution >= 4 is 5.71 Å². The SMILES string of the molecule is C=C/C(C(C)=NCC)=C(/C)CCCC. The molecule has 0 saturated heterocycles. The number of allylic oxidation sites excluding steroid dienone is 3. The van der Waals surface area contributed by atoms with E-state index in [2.05, 4.69) is 39.3 Å². The molecule has 0 amide bonds. The van der Waals surface area contributed by atoms with Crippen molar-refractivity contribution in [1.82, 2.24) is 0 Å². The van der Waals surface area contributed by atoms with E-state index in [1.165, 1.54) is 24.0 Å². The van der Waals surface area contributed by atoms with Crippen LogP contribution < -0.4 is 0 Å². The van der Waals surface area contributed by atoms with Gasteiger partial charge in [0.05, 0.1) is 0 Å². The lowest BCUT2D eigenvalue weighted by molar-refractivity contribution is 0.785. The Balaban J connectivity index is 4.65. The summed E-state index contributed by atoms with van der Waals surface area (Å²) < 4.78 is 0. The van der Waals surface area contributed by atoms with Crippen LogP contribution in [0, 0.1) is 0 Å². The van der Waals surface area contributed by atoms with Crippen LogP contribution in [0.15, 0.2) is 28.8 Å². The maximum Gasteiger partial charge on any atom is 0.0388 e. The van der Waals surface area contributed by atoms with Crippen molar-refractivity contribution in [1.29, 1.82) is 0 Å². The Kier molecular flexibility index (Phi) is 7.09. The monoisotopic (exact) mass is 193 g/mol. The van der Waals surface area contributed by atoms with Gasteiger partial charge in [-0.05, 0) is 39.2 Å². The molecule has 0 aromatic carbocycles. The molecule has 0 fully saturated rings. The molecule has 1 nitrogen and oxygen atoms in total. The van der Waals surface area contributed by atoms with Gasteiger partial charge >= 0.3 is 0 Å². The second-order valence-electron chi connectivity index (χ2n) is 3.56. The van der Waals surface area contributed by atoms with Gasteiger partial charge in [-0.15, -0.1) is 0 Å². The molecule has 0 N–H and O–H groups in total. The first-order valence-corrected chi connectivity index (χ1v) is 5.50. The Morgan fingerprint density at radius 3 is 2.36 bits per heavy atom. The molecule has 14 heavy (non-hydrogen) atoms. The number of aliphatic imine (C=N–C) groups is 1. The highest BCUT2D eigenvalue weighted by molar-refractivity contribution is 6.01. The zero-order valence-electron chi connectivity index (χ0n) is 10.1. The topological polar surface area (TPSA) is 12.4 Å². The fraction of sp³-hybridized carbons (Fsp3) is 0.615.